The maximum absolute atomic E-state index is 12.8. The Morgan fingerprint density at radius 1 is 1.20 bits per heavy atom. The van der Waals surface area contributed by atoms with E-state index < -0.39 is 10.0 Å². The first kappa shape index (κ1) is 15.4. The number of nitrogens with zero attached hydrogens (tertiary/aromatic N) is 1. The van der Waals surface area contributed by atoms with Gasteiger partial charge in [-0.3, -0.25) is 0 Å². The van der Waals surface area contributed by atoms with Gasteiger partial charge in [0.2, 0.25) is 10.0 Å². The summed E-state index contributed by atoms with van der Waals surface area (Å²) in [6, 6.07) is 9.00. The molecule has 0 unspecified atom stereocenters. The molecule has 108 valence electrons. The van der Waals surface area contributed by atoms with E-state index in [2.05, 4.69) is 0 Å². The SMILES string of the molecule is CN(Cc1ccc(Cl)s1)S(=O)(=O)Cc1ccc(F)cc1. The molecule has 2 aromatic rings. The summed E-state index contributed by atoms with van der Waals surface area (Å²) >= 11 is 7.17. The number of benzene rings is 1. The standard InChI is InChI=1S/C13H13ClFNO2S2/c1-16(8-12-6-7-13(14)19-12)20(17,18)9-10-2-4-11(15)5-3-10/h2-7H,8-9H2,1H3. The number of rotatable bonds is 5. The van der Waals surface area contributed by atoms with E-state index in [9.17, 15) is 12.8 Å². The third kappa shape index (κ3) is 4.02. The molecule has 0 saturated heterocycles. The van der Waals surface area contributed by atoms with Crippen molar-refractivity contribution in [1.29, 1.82) is 0 Å². The number of hydrogen-bond acceptors (Lipinski definition) is 3. The molecule has 2 rings (SSSR count). The molecule has 0 aliphatic rings. The highest BCUT2D eigenvalue weighted by atomic mass is 35.5. The molecule has 0 aliphatic heterocycles. The van der Waals surface area contributed by atoms with Crippen LogP contribution in [-0.2, 0) is 22.3 Å². The van der Waals surface area contributed by atoms with Crippen LogP contribution in [0, 0.1) is 5.82 Å². The molecule has 0 N–H and O–H groups in total. The van der Waals surface area contributed by atoms with Crippen LogP contribution in [0.4, 0.5) is 4.39 Å². The molecular weight excluding hydrogens is 321 g/mol. The first-order valence-electron chi connectivity index (χ1n) is 5.79. The van der Waals surface area contributed by atoms with Gasteiger partial charge >= 0.3 is 0 Å². The molecule has 0 radical (unpaired) electrons. The van der Waals surface area contributed by atoms with Crippen molar-refractivity contribution in [3.8, 4) is 0 Å². The molecule has 0 spiro atoms. The summed E-state index contributed by atoms with van der Waals surface area (Å²) in [5.41, 5.74) is 0.558. The van der Waals surface area contributed by atoms with E-state index in [4.69, 9.17) is 11.6 Å². The maximum Gasteiger partial charge on any atom is 0.218 e. The summed E-state index contributed by atoms with van der Waals surface area (Å²) in [5, 5.41) is 0. The zero-order valence-electron chi connectivity index (χ0n) is 10.7. The summed E-state index contributed by atoms with van der Waals surface area (Å²) in [7, 11) is -1.92. The van der Waals surface area contributed by atoms with E-state index in [1.54, 1.807) is 12.1 Å². The molecule has 1 heterocycles. The highest BCUT2D eigenvalue weighted by Crippen LogP contribution is 2.23. The van der Waals surface area contributed by atoms with Gasteiger partial charge in [-0.05, 0) is 29.8 Å². The Bertz CT molecular complexity index is 683. The smallest absolute Gasteiger partial charge is 0.212 e. The molecule has 0 amide bonds. The molecule has 0 fully saturated rings. The number of hydrogen-bond donors (Lipinski definition) is 0. The van der Waals surface area contributed by atoms with E-state index >= 15 is 0 Å². The lowest BCUT2D eigenvalue weighted by molar-refractivity contribution is 0.469. The largest absolute Gasteiger partial charge is 0.218 e. The van der Waals surface area contributed by atoms with Gasteiger partial charge in [0.05, 0.1) is 10.1 Å². The van der Waals surface area contributed by atoms with Gasteiger partial charge in [-0.1, -0.05) is 23.7 Å². The van der Waals surface area contributed by atoms with Gasteiger partial charge in [0.15, 0.2) is 0 Å². The monoisotopic (exact) mass is 333 g/mol. The average molecular weight is 334 g/mol. The summed E-state index contributed by atoms with van der Waals surface area (Å²) < 4.78 is 39.1. The quantitative estimate of drug-likeness (QED) is 0.839. The number of sulfonamides is 1. The lowest BCUT2D eigenvalue weighted by Crippen LogP contribution is -2.27. The molecular formula is C13H13ClFNO2S2. The fraction of sp³-hybridized carbons (Fsp3) is 0.231. The second-order valence-electron chi connectivity index (χ2n) is 4.34. The van der Waals surface area contributed by atoms with Gasteiger partial charge in [0.1, 0.15) is 5.82 Å². The van der Waals surface area contributed by atoms with E-state index in [0.717, 1.165) is 4.88 Å². The van der Waals surface area contributed by atoms with Crippen molar-refractivity contribution >= 4 is 33.0 Å². The lowest BCUT2D eigenvalue weighted by atomic mass is 10.2. The number of halogens is 2. The summed E-state index contributed by atoms with van der Waals surface area (Å²) in [6.45, 7) is 0.279. The van der Waals surface area contributed by atoms with Gasteiger partial charge in [0.25, 0.3) is 0 Å². The van der Waals surface area contributed by atoms with Gasteiger partial charge in [-0.2, -0.15) is 4.31 Å². The first-order chi connectivity index (χ1) is 9.37. The first-order valence-corrected chi connectivity index (χ1v) is 8.60. The summed E-state index contributed by atoms with van der Waals surface area (Å²) in [5.74, 6) is -0.532. The van der Waals surface area contributed by atoms with Gasteiger partial charge in [-0.25, -0.2) is 12.8 Å². The molecule has 0 aliphatic carbocycles. The third-order valence-electron chi connectivity index (χ3n) is 2.74. The Morgan fingerprint density at radius 2 is 1.85 bits per heavy atom. The minimum Gasteiger partial charge on any atom is -0.212 e. The highest BCUT2D eigenvalue weighted by Gasteiger charge is 2.19. The summed E-state index contributed by atoms with van der Waals surface area (Å²) in [4.78, 5) is 0.875. The van der Waals surface area contributed by atoms with Crippen molar-refractivity contribution in [3.05, 3.63) is 57.0 Å². The number of thiophene rings is 1. The van der Waals surface area contributed by atoms with Crippen LogP contribution in [-0.4, -0.2) is 19.8 Å². The van der Waals surface area contributed by atoms with E-state index in [1.165, 1.54) is 47.0 Å². The topological polar surface area (TPSA) is 37.4 Å². The normalized spacial score (nSPS) is 12.0. The van der Waals surface area contributed by atoms with Crippen molar-refractivity contribution in [2.24, 2.45) is 0 Å². The van der Waals surface area contributed by atoms with Crippen molar-refractivity contribution < 1.29 is 12.8 Å². The Balaban J connectivity index is 2.07. The molecule has 0 saturated carbocycles. The molecule has 20 heavy (non-hydrogen) atoms. The van der Waals surface area contributed by atoms with Gasteiger partial charge in [0, 0.05) is 18.5 Å². The van der Waals surface area contributed by atoms with Crippen LogP contribution in [0.1, 0.15) is 10.4 Å². The molecule has 1 aromatic carbocycles. The fourth-order valence-electron chi connectivity index (χ4n) is 1.66. The minimum absolute atomic E-state index is 0.150. The van der Waals surface area contributed by atoms with Crippen molar-refractivity contribution in [1.82, 2.24) is 4.31 Å². The van der Waals surface area contributed by atoms with Crippen LogP contribution in [0.3, 0.4) is 0 Å². The van der Waals surface area contributed by atoms with Crippen LogP contribution in [0.25, 0.3) is 0 Å². The predicted octanol–water partition coefficient (Wildman–Crippen LogP) is 3.50. The van der Waals surface area contributed by atoms with Gasteiger partial charge in [-0.15, -0.1) is 11.3 Å². The van der Waals surface area contributed by atoms with Crippen LogP contribution in [0.5, 0.6) is 0 Å². The zero-order chi connectivity index (χ0) is 14.8. The van der Waals surface area contributed by atoms with Crippen LogP contribution < -0.4 is 0 Å². The Labute approximate surface area is 126 Å². The van der Waals surface area contributed by atoms with Crippen molar-refractivity contribution in [3.63, 3.8) is 0 Å². The summed E-state index contributed by atoms with van der Waals surface area (Å²) in [6.07, 6.45) is 0. The molecule has 1 aromatic heterocycles. The van der Waals surface area contributed by atoms with E-state index in [-0.39, 0.29) is 18.1 Å². The van der Waals surface area contributed by atoms with Crippen molar-refractivity contribution in [2.75, 3.05) is 7.05 Å². The lowest BCUT2D eigenvalue weighted by Gasteiger charge is -2.16. The van der Waals surface area contributed by atoms with E-state index in [0.29, 0.717) is 9.90 Å². The van der Waals surface area contributed by atoms with Crippen LogP contribution in [0.2, 0.25) is 4.34 Å². The molecule has 3 nitrogen and oxygen atoms in total. The Hall–Kier alpha value is -0.950. The Morgan fingerprint density at radius 3 is 2.40 bits per heavy atom. The minimum atomic E-state index is -3.44. The zero-order valence-corrected chi connectivity index (χ0v) is 13.1. The van der Waals surface area contributed by atoms with Crippen LogP contribution >= 0.6 is 22.9 Å². The average Bonchev–Trinajstić information content (AvgIpc) is 2.77. The maximum atomic E-state index is 12.8. The second-order valence-corrected chi connectivity index (χ2v) is 8.22. The van der Waals surface area contributed by atoms with E-state index in [1.807, 2.05) is 0 Å². The third-order valence-corrected chi connectivity index (χ3v) is 5.74. The predicted molar refractivity (Wildman–Crippen MR) is 79.8 cm³/mol. The molecule has 0 atom stereocenters. The molecule has 7 heteroatoms. The van der Waals surface area contributed by atoms with Gasteiger partial charge < -0.3 is 0 Å². The molecule has 0 bridgehead atoms. The second kappa shape index (κ2) is 6.22. The fourth-order valence-corrected chi connectivity index (χ4v) is 4.05. The Kier molecular flexibility index (Phi) is 4.80. The highest BCUT2D eigenvalue weighted by molar-refractivity contribution is 7.88. The van der Waals surface area contributed by atoms with Crippen molar-refractivity contribution in [2.45, 2.75) is 12.3 Å². The van der Waals surface area contributed by atoms with Crippen LogP contribution in [0.15, 0.2) is 36.4 Å².